The molecule has 1 saturated carbocycles. The van der Waals surface area contributed by atoms with Gasteiger partial charge in [0.25, 0.3) is 0 Å². The zero-order valence-electron chi connectivity index (χ0n) is 7.10. The van der Waals surface area contributed by atoms with Gasteiger partial charge < -0.3 is 5.32 Å². The second-order valence-corrected chi connectivity index (χ2v) is 3.33. The van der Waals surface area contributed by atoms with E-state index in [1.54, 1.807) is 13.0 Å². The number of benzene rings is 1. The van der Waals surface area contributed by atoms with Crippen LogP contribution >= 0.6 is 0 Å². The Balaban J connectivity index is 2.23. The van der Waals surface area contributed by atoms with E-state index in [0.717, 1.165) is 11.3 Å². The van der Waals surface area contributed by atoms with Gasteiger partial charge in [-0.3, -0.25) is 0 Å². The average Bonchev–Trinajstić information content (AvgIpc) is 2.83. The van der Waals surface area contributed by atoms with Crippen molar-refractivity contribution in [2.24, 2.45) is 0 Å². The molecule has 0 aliphatic heterocycles. The Kier molecular flexibility index (Phi) is 1.75. The molecule has 1 N–H and O–H groups in total. The average molecular weight is 165 g/mol. The van der Waals surface area contributed by atoms with Crippen LogP contribution < -0.4 is 5.32 Å². The van der Waals surface area contributed by atoms with Crippen LogP contribution in [0.25, 0.3) is 0 Å². The minimum atomic E-state index is -0.124. The smallest absolute Gasteiger partial charge is 0.128 e. The summed E-state index contributed by atoms with van der Waals surface area (Å²) in [5, 5.41) is 3.28. The van der Waals surface area contributed by atoms with Crippen LogP contribution in [0, 0.1) is 12.7 Å². The predicted molar refractivity (Wildman–Crippen MR) is 47.8 cm³/mol. The topological polar surface area (TPSA) is 12.0 Å². The SMILES string of the molecule is Cc1c(F)cccc1NC1CC1. The van der Waals surface area contributed by atoms with Crippen LogP contribution in [0.3, 0.4) is 0 Å². The first-order valence-corrected chi connectivity index (χ1v) is 4.29. The summed E-state index contributed by atoms with van der Waals surface area (Å²) in [5.41, 5.74) is 1.67. The summed E-state index contributed by atoms with van der Waals surface area (Å²) >= 11 is 0. The van der Waals surface area contributed by atoms with E-state index in [1.807, 2.05) is 6.07 Å². The second kappa shape index (κ2) is 2.77. The van der Waals surface area contributed by atoms with Crippen LogP contribution in [0.2, 0.25) is 0 Å². The van der Waals surface area contributed by atoms with E-state index in [2.05, 4.69) is 5.32 Å². The number of nitrogens with one attached hydrogen (secondary N) is 1. The molecule has 0 heterocycles. The van der Waals surface area contributed by atoms with Crippen molar-refractivity contribution >= 4 is 5.69 Å². The Morgan fingerprint density at radius 3 is 2.83 bits per heavy atom. The van der Waals surface area contributed by atoms with Gasteiger partial charge in [-0.25, -0.2) is 4.39 Å². The molecule has 0 radical (unpaired) electrons. The van der Waals surface area contributed by atoms with Crippen LogP contribution in [0.4, 0.5) is 10.1 Å². The molecule has 2 heteroatoms. The third kappa shape index (κ3) is 1.42. The fourth-order valence-electron chi connectivity index (χ4n) is 1.21. The van der Waals surface area contributed by atoms with Crippen molar-refractivity contribution in [3.63, 3.8) is 0 Å². The molecule has 12 heavy (non-hydrogen) atoms. The fourth-order valence-corrected chi connectivity index (χ4v) is 1.21. The molecule has 1 aliphatic carbocycles. The molecule has 1 nitrogen and oxygen atoms in total. The summed E-state index contributed by atoms with van der Waals surface area (Å²) in [6.45, 7) is 1.81. The van der Waals surface area contributed by atoms with Crippen molar-refractivity contribution in [2.75, 3.05) is 5.32 Å². The van der Waals surface area contributed by atoms with E-state index in [-0.39, 0.29) is 5.82 Å². The highest BCUT2D eigenvalue weighted by molar-refractivity contribution is 5.52. The Hall–Kier alpha value is -1.05. The van der Waals surface area contributed by atoms with Gasteiger partial charge in [-0.1, -0.05) is 6.07 Å². The maximum Gasteiger partial charge on any atom is 0.128 e. The molecular formula is C10H12FN. The van der Waals surface area contributed by atoms with Crippen molar-refractivity contribution in [1.82, 2.24) is 0 Å². The highest BCUT2D eigenvalue weighted by Crippen LogP contribution is 2.27. The largest absolute Gasteiger partial charge is 0.382 e. The Morgan fingerprint density at radius 1 is 1.42 bits per heavy atom. The van der Waals surface area contributed by atoms with Gasteiger partial charge in [0.1, 0.15) is 5.82 Å². The van der Waals surface area contributed by atoms with Crippen LogP contribution in [0.15, 0.2) is 18.2 Å². The summed E-state index contributed by atoms with van der Waals surface area (Å²) in [4.78, 5) is 0. The van der Waals surface area contributed by atoms with E-state index < -0.39 is 0 Å². The van der Waals surface area contributed by atoms with Crippen molar-refractivity contribution < 1.29 is 4.39 Å². The molecule has 0 atom stereocenters. The van der Waals surface area contributed by atoms with E-state index in [9.17, 15) is 4.39 Å². The third-order valence-electron chi connectivity index (χ3n) is 2.20. The first-order chi connectivity index (χ1) is 5.77. The maximum absolute atomic E-state index is 13.0. The van der Waals surface area contributed by atoms with Crippen LogP contribution in [0.1, 0.15) is 18.4 Å². The predicted octanol–water partition coefficient (Wildman–Crippen LogP) is 2.71. The zero-order valence-corrected chi connectivity index (χ0v) is 7.10. The van der Waals surface area contributed by atoms with Crippen LogP contribution in [-0.2, 0) is 0 Å². The minimum Gasteiger partial charge on any atom is -0.382 e. The maximum atomic E-state index is 13.0. The molecule has 1 aromatic rings. The molecule has 64 valence electrons. The van der Waals surface area contributed by atoms with E-state index in [0.29, 0.717) is 6.04 Å². The van der Waals surface area contributed by atoms with Gasteiger partial charge in [0.2, 0.25) is 0 Å². The summed E-state index contributed by atoms with van der Waals surface area (Å²) < 4.78 is 13.0. The highest BCUT2D eigenvalue weighted by Gasteiger charge is 2.21. The van der Waals surface area contributed by atoms with Crippen LogP contribution in [-0.4, -0.2) is 6.04 Å². The van der Waals surface area contributed by atoms with Crippen molar-refractivity contribution in [1.29, 1.82) is 0 Å². The highest BCUT2D eigenvalue weighted by atomic mass is 19.1. The number of halogens is 1. The molecule has 1 aromatic carbocycles. The van der Waals surface area contributed by atoms with E-state index in [4.69, 9.17) is 0 Å². The fraction of sp³-hybridized carbons (Fsp3) is 0.400. The number of rotatable bonds is 2. The Bertz CT molecular complexity index is 292. The standard InChI is InChI=1S/C10H12FN/c1-7-9(11)3-2-4-10(7)12-8-5-6-8/h2-4,8,12H,5-6H2,1H3. The molecule has 0 saturated heterocycles. The zero-order chi connectivity index (χ0) is 8.55. The van der Waals surface area contributed by atoms with Crippen molar-refractivity contribution in [2.45, 2.75) is 25.8 Å². The summed E-state index contributed by atoms with van der Waals surface area (Å²) in [6.07, 6.45) is 2.44. The molecular weight excluding hydrogens is 153 g/mol. The molecule has 0 spiro atoms. The number of hydrogen-bond acceptors (Lipinski definition) is 1. The van der Waals surface area contributed by atoms with Crippen molar-refractivity contribution in [3.05, 3.63) is 29.6 Å². The second-order valence-electron chi connectivity index (χ2n) is 3.33. The molecule has 1 aliphatic rings. The molecule has 0 aromatic heterocycles. The monoisotopic (exact) mass is 165 g/mol. The van der Waals surface area contributed by atoms with E-state index in [1.165, 1.54) is 18.9 Å². The normalized spacial score (nSPS) is 16.2. The summed E-state index contributed by atoms with van der Waals surface area (Å²) in [6, 6.07) is 5.75. The minimum absolute atomic E-state index is 0.124. The lowest BCUT2D eigenvalue weighted by Gasteiger charge is -2.07. The van der Waals surface area contributed by atoms with Gasteiger partial charge in [-0.2, -0.15) is 0 Å². The third-order valence-corrected chi connectivity index (χ3v) is 2.20. The lowest BCUT2D eigenvalue weighted by Crippen LogP contribution is -2.03. The summed E-state index contributed by atoms with van der Waals surface area (Å²) in [5.74, 6) is -0.124. The molecule has 0 bridgehead atoms. The van der Waals surface area contributed by atoms with Gasteiger partial charge in [-0.15, -0.1) is 0 Å². The first kappa shape index (κ1) is 7.59. The molecule has 0 unspecified atom stereocenters. The first-order valence-electron chi connectivity index (χ1n) is 4.29. The van der Waals surface area contributed by atoms with Crippen molar-refractivity contribution in [3.8, 4) is 0 Å². The molecule has 0 amide bonds. The Labute approximate surface area is 71.6 Å². The van der Waals surface area contributed by atoms with Crippen LogP contribution in [0.5, 0.6) is 0 Å². The van der Waals surface area contributed by atoms with Gasteiger partial charge >= 0.3 is 0 Å². The Morgan fingerprint density at radius 2 is 2.17 bits per heavy atom. The lowest BCUT2D eigenvalue weighted by molar-refractivity contribution is 0.619. The molecule has 1 fully saturated rings. The number of anilines is 1. The van der Waals surface area contributed by atoms with Gasteiger partial charge in [0.15, 0.2) is 0 Å². The van der Waals surface area contributed by atoms with Gasteiger partial charge in [-0.05, 0) is 31.9 Å². The van der Waals surface area contributed by atoms with E-state index >= 15 is 0 Å². The quantitative estimate of drug-likeness (QED) is 0.710. The van der Waals surface area contributed by atoms with Gasteiger partial charge in [0.05, 0.1) is 0 Å². The molecule has 2 rings (SSSR count). The summed E-state index contributed by atoms with van der Waals surface area (Å²) in [7, 11) is 0. The lowest BCUT2D eigenvalue weighted by atomic mass is 10.2. The number of hydrogen-bond donors (Lipinski definition) is 1. The van der Waals surface area contributed by atoms with Gasteiger partial charge in [0, 0.05) is 17.3 Å².